The van der Waals surface area contributed by atoms with Crippen LogP contribution in [0.25, 0.3) is 0 Å². The van der Waals surface area contributed by atoms with Crippen LogP contribution < -0.4 is 14.2 Å². The van der Waals surface area contributed by atoms with Gasteiger partial charge < -0.3 is 14.2 Å². The zero-order valence-corrected chi connectivity index (χ0v) is 13.2. The summed E-state index contributed by atoms with van der Waals surface area (Å²) in [7, 11) is 0. The fourth-order valence-corrected chi connectivity index (χ4v) is 1.46. The number of rotatable bonds is 9. The van der Waals surface area contributed by atoms with Crippen molar-refractivity contribution < 1.29 is 14.2 Å². The van der Waals surface area contributed by atoms with Gasteiger partial charge in [0, 0.05) is 0 Å². The van der Waals surface area contributed by atoms with E-state index < -0.39 is 0 Å². The molecule has 0 aliphatic heterocycles. The van der Waals surface area contributed by atoms with Gasteiger partial charge in [-0.25, -0.2) is 0 Å². The third-order valence-electron chi connectivity index (χ3n) is 2.35. The second-order valence-corrected chi connectivity index (χ2v) is 5.32. The van der Waals surface area contributed by atoms with Crippen LogP contribution in [0.4, 0.5) is 0 Å². The van der Waals surface area contributed by atoms with Crippen LogP contribution in [0, 0.1) is 0 Å². The first-order valence-corrected chi connectivity index (χ1v) is 6.84. The van der Waals surface area contributed by atoms with Crippen LogP contribution in [-0.4, -0.2) is 19.8 Å². The third-order valence-corrected chi connectivity index (χ3v) is 2.35. The van der Waals surface area contributed by atoms with E-state index in [1.165, 1.54) is 0 Å². The van der Waals surface area contributed by atoms with Crippen LogP contribution in [0.15, 0.2) is 54.7 Å². The van der Waals surface area contributed by atoms with Crippen molar-refractivity contribution >= 4 is 0 Å². The lowest BCUT2D eigenvalue weighted by Gasteiger charge is -2.17. The monoisotopic (exact) mass is 288 g/mol. The Labute approximate surface area is 127 Å². The Morgan fingerprint density at radius 1 is 0.762 bits per heavy atom. The van der Waals surface area contributed by atoms with Gasteiger partial charge in [0.2, 0.25) is 5.75 Å². The molecule has 0 fully saturated rings. The van der Waals surface area contributed by atoms with E-state index in [1.54, 1.807) is 0 Å². The minimum atomic E-state index is 0.414. The maximum atomic E-state index is 5.79. The molecule has 0 bridgehead atoms. The number of ether oxygens (including phenoxy) is 3. The molecule has 1 aromatic carbocycles. The average molecular weight is 288 g/mol. The highest BCUT2D eigenvalue weighted by Crippen LogP contribution is 2.37. The Bertz CT molecular complexity index is 493. The average Bonchev–Trinajstić information content (AvgIpc) is 2.40. The Morgan fingerprint density at radius 3 is 1.52 bits per heavy atom. The number of hydrogen-bond acceptors (Lipinski definition) is 3. The molecule has 0 N–H and O–H groups in total. The lowest BCUT2D eigenvalue weighted by molar-refractivity contribution is 0.271. The maximum Gasteiger partial charge on any atom is 0.203 e. The first-order chi connectivity index (χ1) is 9.90. The summed E-state index contributed by atoms with van der Waals surface area (Å²) in [5.41, 5.74) is 2.80. The van der Waals surface area contributed by atoms with E-state index in [-0.39, 0.29) is 0 Å². The first kappa shape index (κ1) is 16.9. The van der Waals surface area contributed by atoms with E-state index in [0.717, 1.165) is 16.7 Å². The highest BCUT2D eigenvalue weighted by atomic mass is 16.5. The lowest BCUT2D eigenvalue weighted by Crippen LogP contribution is -2.06. The fraction of sp³-hybridized carbons (Fsp3) is 0.333. The molecular formula is C18H24O3. The fourth-order valence-electron chi connectivity index (χ4n) is 1.46. The molecule has 21 heavy (non-hydrogen) atoms. The third kappa shape index (κ3) is 6.21. The van der Waals surface area contributed by atoms with Crippen LogP contribution in [0.1, 0.15) is 20.8 Å². The molecule has 0 spiro atoms. The highest BCUT2D eigenvalue weighted by molar-refractivity contribution is 5.51. The number of para-hydroxylation sites is 1. The van der Waals surface area contributed by atoms with E-state index in [2.05, 4.69) is 19.7 Å². The van der Waals surface area contributed by atoms with E-state index >= 15 is 0 Å². The molecule has 0 aromatic heterocycles. The van der Waals surface area contributed by atoms with E-state index in [1.807, 2.05) is 39.0 Å². The summed E-state index contributed by atoms with van der Waals surface area (Å²) in [5.74, 6) is 1.86. The van der Waals surface area contributed by atoms with E-state index in [9.17, 15) is 0 Å². The molecule has 0 aliphatic carbocycles. The SMILES string of the molecule is C=C(C)COc1cccc(OCC(=C)C)c1OCC(=C)C. The first-order valence-electron chi connectivity index (χ1n) is 6.84. The van der Waals surface area contributed by atoms with Gasteiger partial charge in [-0.1, -0.05) is 25.8 Å². The maximum absolute atomic E-state index is 5.79. The standard InChI is InChI=1S/C18H24O3/c1-13(2)10-19-16-8-7-9-17(20-11-14(3)4)18(16)21-12-15(5)6/h7-9H,1,3,5,10-12H2,2,4,6H3. The predicted octanol–water partition coefficient (Wildman–Crippen LogP) is 4.55. The summed E-state index contributed by atoms with van der Waals surface area (Å²) in [6, 6.07) is 5.57. The van der Waals surface area contributed by atoms with Crippen molar-refractivity contribution in [2.75, 3.05) is 19.8 Å². The summed E-state index contributed by atoms with van der Waals surface area (Å²) in [6.45, 7) is 18.5. The summed E-state index contributed by atoms with van der Waals surface area (Å²) in [6.07, 6.45) is 0. The zero-order chi connectivity index (χ0) is 15.8. The molecule has 0 saturated carbocycles. The van der Waals surface area contributed by atoms with Gasteiger partial charge in [-0.2, -0.15) is 0 Å². The van der Waals surface area contributed by atoms with Crippen LogP contribution >= 0.6 is 0 Å². The van der Waals surface area contributed by atoms with Crippen molar-refractivity contribution in [2.45, 2.75) is 20.8 Å². The molecule has 0 atom stereocenters. The van der Waals surface area contributed by atoms with Crippen LogP contribution in [0.3, 0.4) is 0 Å². The van der Waals surface area contributed by atoms with Crippen LogP contribution in [-0.2, 0) is 0 Å². The summed E-state index contributed by atoms with van der Waals surface area (Å²) in [4.78, 5) is 0. The number of benzene rings is 1. The topological polar surface area (TPSA) is 27.7 Å². The summed E-state index contributed by atoms with van der Waals surface area (Å²) in [5, 5.41) is 0. The molecule has 1 aromatic rings. The largest absolute Gasteiger partial charge is 0.485 e. The summed E-state index contributed by atoms with van der Waals surface area (Å²) < 4.78 is 17.2. The van der Waals surface area contributed by atoms with Gasteiger partial charge in [0.15, 0.2) is 11.5 Å². The Morgan fingerprint density at radius 2 is 1.14 bits per heavy atom. The predicted molar refractivity (Wildman–Crippen MR) is 87.4 cm³/mol. The number of hydrogen-bond donors (Lipinski definition) is 0. The van der Waals surface area contributed by atoms with Crippen LogP contribution in [0.2, 0.25) is 0 Å². The smallest absolute Gasteiger partial charge is 0.203 e. The molecule has 0 heterocycles. The molecular weight excluding hydrogens is 264 g/mol. The Hall–Kier alpha value is -2.16. The van der Waals surface area contributed by atoms with Gasteiger partial charge in [0.05, 0.1) is 0 Å². The van der Waals surface area contributed by atoms with Crippen molar-refractivity contribution in [1.82, 2.24) is 0 Å². The van der Waals surface area contributed by atoms with E-state index in [0.29, 0.717) is 37.1 Å². The molecule has 1 rings (SSSR count). The molecule has 0 unspecified atom stereocenters. The van der Waals surface area contributed by atoms with Gasteiger partial charge in [-0.15, -0.1) is 0 Å². The van der Waals surface area contributed by atoms with Crippen LogP contribution in [0.5, 0.6) is 17.2 Å². The molecule has 0 radical (unpaired) electrons. The lowest BCUT2D eigenvalue weighted by atomic mass is 10.2. The van der Waals surface area contributed by atoms with Crippen molar-refractivity contribution in [1.29, 1.82) is 0 Å². The molecule has 3 nitrogen and oxygen atoms in total. The zero-order valence-electron chi connectivity index (χ0n) is 13.2. The molecule has 0 saturated heterocycles. The molecule has 3 heteroatoms. The Balaban J connectivity index is 2.97. The van der Waals surface area contributed by atoms with Gasteiger partial charge in [0.1, 0.15) is 19.8 Å². The molecule has 114 valence electrons. The van der Waals surface area contributed by atoms with Crippen molar-refractivity contribution in [3.8, 4) is 17.2 Å². The van der Waals surface area contributed by atoms with Crippen molar-refractivity contribution in [3.05, 3.63) is 54.7 Å². The van der Waals surface area contributed by atoms with Crippen molar-refractivity contribution in [2.24, 2.45) is 0 Å². The highest BCUT2D eigenvalue weighted by Gasteiger charge is 2.13. The van der Waals surface area contributed by atoms with Gasteiger partial charge in [-0.05, 0) is 49.6 Å². The second-order valence-electron chi connectivity index (χ2n) is 5.32. The van der Waals surface area contributed by atoms with Crippen molar-refractivity contribution in [3.63, 3.8) is 0 Å². The van der Waals surface area contributed by atoms with Gasteiger partial charge in [-0.3, -0.25) is 0 Å². The Kier molecular flexibility index (Phi) is 6.60. The second kappa shape index (κ2) is 8.20. The molecule has 0 aliphatic rings. The van der Waals surface area contributed by atoms with E-state index in [4.69, 9.17) is 14.2 Å². The quantitative estimate of drug-likeness (QED) is 0.624. The minimum absolute atomic E-state index is 0.414. The minimum Gasteiger partial charge on any atom is -0.485 e. The molecule has 0 amide bonds. The van der Waals surface area contributed by atoms with Gasteiger partial charge in [0.25, 0.3) is 0 Å². The summed E-state index contributed by atoms with van der Waals surface area (Å²) >= 11 is 0. The normalized spacial score (nSPS) is 9.86. The van der Waals surface area contributed by atoms with Gasteiger partial charge >= 0.3 is 0 Å².